The third-order valence-electron chi connectivity index (χ3n) is 8.03. The topological polar surface area (TPSA) is 244 Å². The van der Waals surface area contributed by atoms with Gasteiger partial charge in [-0.15, -0.1) is 0 Å². The van der Waals surface area contributed by atoms with E-state index in [9.17, 15) is 35.5 Å². The van der Waals surface area contributed by atoms with Gasteiger partial charge >= 0.3 is 0 Å². The predicted octanol–water partition coefficient (Wildman–Crippen LogP) is 4.92. The number of anilines is 4. The van der Waals surface area contributed by atoms with Crippen LogP contribution in [0.2, 0.25) is 0 Å². The first-order chi connectivity index (χ1) is 23.5. The maximum absolute atomic E-state index is 13.2. The summed E-state index contributed by atoms with van der Waals surface area (Å²) in [6, 6.07) is 19.3. The van der Waals surface area contributed by atoms with Gasteiger partial charge in [-0.05, 0) is 114 Å². The summed E-state index contributed by atoms with van der Waals surface area (Å²) in [6.07, 6.45) is 2.29. The van der Waals surface area contributed by atoms with E-state index in [-0.39, 0.29) is 22.3 Å². The Kier molecular flexibility index (Phi) is 8.49. The van der Waals surface area contributed by atoms with Crippen molar-refractivity contribution >= 4 is 78.1 Å². The molecule has 0 radical (unpaired) electrons. The van der Waals surface area contributed by atoms with Crippen molar-refractivity contribution in [3.05, 3.63) is 116 Å². The highest BCUT2D eigenvalue weighted by Gasteiger charge is 2.34. The van der Waals surface area contributed by atoms with E-state index in [0.29, 0.717) is 33.9 Å². The number of nitrogens with one attached hydrogen (secondary N) is 2. The zero-order chi connectivity index (χ0) is 36.1. The molecule has 0 fully saturated rings. The van der Waals surface area contributed by atoms with Crippen LogP contribution in [0, 0.1) is 13.8 Å². The molecule has 0 atom stereocenters. The van der Waals surface area contributed by atoms with Crippen LogP contribution in [-0.2, 0) is 20.2 Å². The number of hydrogen-bond acceptors (Lipinski definition) is 12. The number of nitrogen functional groups attached to an aromatic ring is 2. The average Bonchev–Trinajstić information content (AvgIpc) is 3.04. The second kappa shape index (κ2) is 12.5. The Labute approximate surface area is 286 Å². The molecule has 2 aliphatic rings. The molecule has 0 spiro atoms. The Morgan fingerprint density at radius 1 is 0.580 bits per heavy atom. The molecule has 50 heavy (non-hydrogen) atoms. The highest BCUT2D eigenvalue weighted by molar-refractivity contribution is 7.91. The summed E-state index contributed by atoms with van der Waals surface area (Å²) < 4.78 is 68.2. The van der Waals surface area contributed by atoms with E-state index in [1.54, 1.807) is 38.1 Å². The van der Waals surface area contributed by atoms with Crippen LogP contribution in [0.4, 0.5) is 22.7 Å². The summed E-state index contributed by atoms with van der Waals surface area (Å²) in [7, 11) is -9.61. The number of rotatable bonds is 7. The van der Waals surface area contributed by atoms with Gasteiger partial charge in [0.15, 0.2) is 11.4 Å². The van der Waals surface area contributed by atoms with Crippen LogP contribution in [0.3, 0.4) is 0 Å². The van der Waals surface area contributed by atoms with Gasteiger partial charge in [0.1, 0.15) is 9.81 Å². The highest BCUT2D eigenvalue weighted by Crippen LogP contribution is 2.31. The lowest BCUT2D eigenvalue weighted by Crippen LogP contribution is -2.27. The quantitative estimate of drug-likeness (QED) is 0.0850. The monoisotopic (exact) mass is 712 g/mol. The number of benzene rings is 4. The number of carbonyl (C=O) groups is 2. The number of aryl methyl sites for hydroxylation is 2. The van der Waals surface area contributed by atoms with E-state index in [1.807, 2.05) is 12.1 Å². The number of hydrazone groups is 2. The van der Waals surface area contributed by atoms with Crippen molar-refractivity contribution < 1.29 is 35.5 Å². The molecular weight excluding hydrogens is 685 g/mol. The molecule has 2 aliphatic carbocycles. The molecule has 0 amide bonds. The van der Waals surface area contributed by atoms with E-state index in [0.717, 1.165) is 23.3 Å². The van der Waals surface area contributed by atoms with Crippen molar-refractivity contribution in [2.45, 2.75) is 13.8 Å². The average molecular weight is 713 g/mol. The lowest BCUT2D eigenvalue weighted by Gasteiger charge is -2.17. The van der Waals surface area contributed by atoms with Gasteiger partial charge in [-0.1, -0.05) is 18.2 Å². The van der Waals surface area contributed by atoms with Gasteiger partial charge in [-0.25, -0.2) is 0 Å². The van der Waals surface area contributed by atoms with Crippen LogP contribution < -0.4 is 22.3 Å². The minimum Gasteiger partial charge on any atom is -0.399 e. The second-order valence-electron chi connectivity index (χ2n) is 11.5. The number of Topliss-reactive ketones (excluding diaryl/α,β-unsaturated/α-hetero) is 2. The zero-order valence-electron chi connectivity index (χ0n) is 26.3. The molecule has 0 bridgehead atoms. The minimum absolute atomic E-state index is 0.140. The molecule has 0 unspecified atom stereocenters. The van der Waals surface area contributed by atoms with E-state index in [4.69, 9.17) is 11.5 Å². The largest absolute Gasteiger partial charge is 0.399 e. The van der Waals surface area contributed by atoms with Crippen LogP contribution in [0.1, 0.15) is 43.0 Å². The molecule has 0 aliphatic heterocycles. The van der Waals surface area contributed by atoms with Gasteiger partial charge in [-0.2, -0.15) is 27.0 Å². The molecule has 4 aromatic carbocycles. The molecule has 16 heteroatoms. The van der Waals surface area contributed by atoms with E-state index in [2.05, 4.69) is 21.1 Å². The van der Waals surface area contributed by atoms with Gasteiger partial charge in [0.05, 0.1) is 11.4 Å². The molecule has 4 aromatic rings. The zero-order valence-corrected chi connectivity index (χ0v) is 27.9. The Balaban J connectivity index is 1.24. The molecule has 0 saturated carbocycles. The van der Waals surface area contributed by atoms with Crippen LogP contribution in [0.5, 0.6) is 0 Å². The summed E-state index contributed by atoms with van der Waals surface area (Å²) >= 11 is 0. The maximum atomic E-state index is 13.2. The predicted molar refractivity (Wildman–Crippen MR) is 193 cm³/mol. The summed E-state index contributed by atoms with van der Waals surface area (Å²) in [5, 5.41) is 8.13. The van der Waals surface area contributed by atoms with Gasteiger partial charge in [-0.3, -0.25) is 29.5 Å². The minimum atomic E-state index is -4.81. The molecule has 8 N–H and O–H groups in total. The van der Waals surface area contributed by atoms with Crippen molar-refractivity contribution in [1.82, 2.24) is 0 Å². The second-order valence-corrected chi connectivity index (χ2v) is 14.3. The van der Waals surface area contributed by atoms with E-state index < -0.39 is 53.0 Å². The van der Waals surface area contributed by atoms with Crippen LogP contribution in [0.25, 0.3) is 23.3 Å². The number of nitrogens with two attached hydrogens (primary N) is 2. The number of allylic oxidation sites excluding steroid dienone is 2. The molecule has 0 saturated heterocycles. The lowest BCUT2D eigenvalue weighted by atomic mass is 9.94. The Bertz CT molecular complexity index is 2520. The van der Waals surface area contributed by atoms with Gasteiger partial charge in [0.2, 0.25) is 11.6 Å². The SMILES string of the molecule is Cc1cc(-c2ccc(N/N=C3\C(=O)c4ccc(N)cc4C=C3S(=O)(=O)O)c(C)c2)ccc1N/N=C1/C(=O)c2cc(N)ccc2C=C1S(=O)(=O)O. The van der Waals surface area contributed by atoms with E-state index >= 15 is 0 Å². The number of hydrogen-bond donors (Lipinski definition) is 6. The summed E-state index contributed by atoms with van der Waals surface area (Å²) in [6.45, 7) is 3.55. The first kappa shape index (κ1) is 33.9. The Morgan fingerprint density at radius 3 is 1.54 bits per heavy atom. The van der Waals surface area contributed by atoms with Crippen molar-refractivity contribution in [3.63, 3.8) is 0 Å². The molecule has 14 nitrogen and oxygen atoms in total. The van der Waals surface area contributed by atoms with Crippen molar-refractivity contribution in [1.29, 1.82) is 0 Å². The van der Waals surface area contributed by atoms with Gasteiger partial charge < -0.3 is 11.5 Å². The number of carbonyl (C=O) groups excluding carboxylic acids is 2. The summed E-state index contributed by atoms with van der Waals surface area (Å²) in [5.74, 6) is -1.44. The summed E-state index contributed by atoms with van der Waals surface area (Å²) in [5.41, 5.74) is 21.4. The molecule has 6 rings (SSSR count). The molecular formula is C34H28N6O8S2. The van der Waals surface area contributed by atoms with Crippen molar-refractivity contribution in [3.8, 4) is 11.1 Å². The third-order valence-corrected chi connectivity index (χ3v) is 9.76. The summed E-state index contributed by atoms with van der Waals surface area (Å²) in [4.78, 5) is 25.0. The van der Waals surface area contributed by atoms with Gasteiger partial charge in [0.25, 0.3) is 20.2 Å². The van der Waals surface area contributed by atoms with Crippen LogP contribution >= 0.6 is 0 Å². The fourth-order valence-electron chi connectivity index (χ4n) is 5.48. The number of fused-ring (bicyclic) bond motifs is 2. The first-order valence-electron chi connectivity index (χ1n) is 14.7. The smallest absolute Gasteiger partial charge is 0.296 e. The fraction of sp³-hybridized carbons (Fsp3) is 0.0588. The normalized spacial score (nSPS) is 16.1. The van der Waals surface area contributed by atoms with E-state index in [1.165, 1.54) is 36.4 Å². The standard InChI is InChI=1S/C34H28N6O8S2/c1-17-11-19(4-9-27(17)37-39-31-30(50(46,47)48)15-22-13-23(35)7-8-25(22)33(31)41)20-5-10-28(18(2)12-20)38-40-32-29(49(43,44)45)14-21-3-6-24(36)16-26(21)34(32)42/h3-16,37-38H,35-36H2,1-2H3,(H,43,44,45)(H,46,47,48)/b39-31-,40-32+. The lowest BCUT2D eigenvalue weighted by molar-refractivity contribution is 0.105. The van der Waals surface area contributed by atoms with Gasteiger partial charge in [0, 0.05) is 22.5 Å². The maximum Gasteiger partial charge on any atom is 0.296 e. The molecule has 254 valence electrons. The third kappa shape index (κ3) is 6.55. The van der Waals surface area contributed by atoms with Crippen LogP contribution in [-0.4, -0.2) is 48.9 Å². The number of nitrogens with zero attached hydrogens (tertiary/aromatic N) is 2. The van der Waals surface area contributed by atoms with Crippen molar-refractivity contribution in [2.75, 3.05) is 22.3 Å². The fourth-order valence-corrected chi connectivity index (χ4v) is 6.79. The van der Waals surface area contributed by atoms with Crippen LogP contribution in [0.15, 0.2) is 92.8 Å². The number of ketones is 2. The van der Waals surface area contributed by atoms with Crippen molar-refractivity contribution in [2.24, 2.45) is 10.2 Å². The molecule has 0 aromatic heterocycles. The highest BCUT2D eigenvalue weighted by atomic mass is 32.2. The first-order valence-corrected chi connectivity index (χ1v) is 17.6. The Hall–Kier alpha value is -5.94. The molecule has 0 heterocycles. The Morgan fingerprint density at radius 2 is 1.04 bits per heavy atom.